The number of hydrogen-bond donors (Lipinski definition) is 0. The lowest BCUT2D eigenvalue weighted by Crippen LogP contribution is -2.63. The van der Waals surface area contributed by atoms with Crippen molar-refractivity contribution in [2.45, 2.75) is 445 Å². The first-order chi connectivity index (χ1) is 58.0. The van der Waals surface area contributed by atoms with Crippen molar-refractivity contribution in [3.63, 3.8) is 0 Å². The first-order valence-electron chi connectivity index (χ1n) is 47.9. The van der Waals surface area contributed by atoms with Crippen molar-refractivity contribution >= 4 is 291 Å². The minimum Gasteiger partial charge on any atom is -0.416 e. The molecule has 136 heavy (non-hydrogen) atoms. The Labute approximate surface area is 867 Å². The summed E-state index contributed by atoms with van der Waals surface area (Å²) in [5.41, 5.74) is 0. The smallest absolute Gasteiger partial charge is 0.314 e. The summed E-state index contributed by atoms with van der Waals surface area (Å²) >= 11 is 0. The van der Waals surface area contributed by atoms with Gasteiger partial charge in [-0.3, -0.25) is 0 Å². The van der Waals surface area contributed by atoms with E-state index in [0.717, 1.165) is 0 Å². The zero-order valence-electron chi connectivity index (χ0n) is 98.9. The molecule has 1 heterocycles. The lowest BCUT2D eigenvalue weighted by atomic mass is 11.9. The van der Waals surface area contributed by atoms with Crippen molar-refractivity contribution in [1.29, 1.82) is 0 Å². The van der Waals surface area contributed by atoms with Gasteiger partial charge in [0.25, 0.3) is 0 Å². The third-order valence-corrected chi connectivity index (χ3v) is 150. The van der Waals surface area contributed by atoms with E-state index in [4.69, 9.17) is 140 Å². The van der Waals surface area contributed by atoms with Gasteiger partial charge < -0.3 is 140 Å². The van der Waals surface area contributed by atoms with Gasteiger partial charge in [0.2, 0.25) is 0 Å². The van der Waals surface area contributed by atoms with Gasteiger partial charge in [0.1, 0.15) is 0 Å². The predicted octanol–water partition coefficient (Wildman–Crippen LogP) is 24.4. The lowest BCUT2D eigenvalue weighted by Gasteiger charge is -2.45. The van der Waals surface area contributed by atoms with Gasteiger partial charge in [-0.2, -0.15) is 0 Å². The third kappa shape index (κ3) is 61.3. The van der Waals surface area contributed by atoms with Crippen LogP contribution in [0.1, 0.15) is 0 Å². The first kappa shape index (κ1) is 140. The lowest BCUT2D eigenvalue weighted by molar-refractivity contribution is 0.241. The molecule has 0 atom stereocenters. The maximum Gasteiger partial charge on any atom is 0.314 e. The van der Waals surface area contributed by atoms with E-state index in [9.17, 15) is 0 Å². The maximum absolute atomic E-state index is 7.05. The van der Waals surface area contributed by atoms with Crippen LogP contribution in [0.4, 0.5) is 0 Å². The normalized spacial score (nSPS) is 31.5. The molecule has 816 valence electrons. The molecule has 0 aromatic rings. The largest absolute Gasteiger partial charge is 0.416 e. The SMILES string of the molecule is C[Si]1(C)O[Si](C)(C)O[Si](C)(C)O[Si](C)(C)O[Si](C)(C)O[Si](C)(C)O[Si](C)(C)O[Si](C)(C)O[Si](C)(C)O[Si](C)(C)O[Si](C)(C)O[Si](C)(C)O[Si](C)(C)O[Si](C)(C)O[Si](C)(C)O[Si](C)(C)O[Si](C)(C)O[Si](C)(C)O[Si](C)(C)O[Si](C)(C)O[Si](C)(C)O[Si](C)(C)O[Si](C)(C)O[Si](C)(C)O[Si](C)(C)O[Si](C)(C)O[Si](C)(C)O[Si](C)(C)O[Si](C)(C)O[Si](C)(C)O[Si](C)(C)O[Si](C)(C)O[Si](C)(C)O[Si](C)(C)O1. The Morgan fingerprint density at radius 2 is 0.0588 bits per heavy atom. The van der Waals surface area contributed by atoms with Crippen LogP contribution in [0, 0.1) is 0 Å². The highest BCUT2D eigenvalue weighted by molar-refractivity contribution is 7.00. The Bertz CT molecular complexity index is 2480. The Kier molecular flexibility index (Phi) is 47.8. The van der Waals surface area contributed by atoms with E-state index in [1.165, 1.54) is 0 Å². The zero-order valence-corrected chi connectivity index (χ0v) is 133. The molecule has 1 fully saturated rings. The first-order valence-corrected chi connectivity index (χ1v) is 144. The second-order valence-corrected chi connectivity index (χ2v) is 174. The molecule has 0 aromatic carbocycles. The molecule has 0 amide bonds. The van der Waals surface area contributed by atoms with E-state index in [-0.39, 0.29) is 0 Å². The van der Waals surface area contributed by atoms with E-state index in [0.29, 0.717) is 0 Å². The van der Waals surface area contributed by atoms with Gasteiger partial charge in [0.15, 0.2) is 0 Å². The maximum atomic E-state index is 7.05. The molecule has 0 unspecified atom stereocenters. The minimum atomic E-state index is -2.96. The molecule has 1 rings (SSSR count). The Hall–Kier alpha value is 6.01. The van der Waals surface area contributed by atoms with Crippen molar-refractivity contribution in [2.24, 2.45) is 0 Å². The van der Waals surface area contributed by atoms with Crippen molar-refractivity contribution in [2.75, 3.05) is 0 Å². The summed E-state index contributed by atoms with van der Waals surface area (Å²) in [5, 5.41) is 0. The van der Waals surface area contributed by atoms with Gasteiger partial charge in [0, 0.05) is 0 Å². The fraction of sp³-hybridized carbons (Fsp3) is 1.00. The van der Waals surface area contributed by atoms with Gasteiger partial charge in [-0.25, -0.2) is 0 Å². The van der Waals surface area contributed by atoms with Crippen LogP contribution in [0.25, 0.3) is 0 Å². The van der Waals surface area contributed by atoms with Crippen LogP contribution >= 0.6 is 0 Å². The number of hydrogen-bond acceptors (Lipinski definition) is 34. The second-order valence-electron chi connectivity index (χ2n) is 51.1. The van der Waals surface area contributed by atoms with Crippen LogP contribution in [0.15, 0.2) is 0 Å². The topological polar surface area (TPSA) is 314 Å². The monoisotopic (exact) mass is 2520 g/mol. The Balaban J connectivity index is 3.83. The molecule has 0 saturated carbocycles. The van der Waals surface area contributed by atoms with Crippen LogP contribution in [-0.4, -0.2) is 291 Å². The second kappa shape index (κ2) is 46.4. The van der Waals surface area contributed by atoms with Crippen LogP contribution in [0.2, 0.25) is 445 Å². The van der Waals surface area contributed by atoms with E-state index < -0.39 is 291 Å². The molecule has 0 aliphatic carbocycles. The highest BCUT2D eigenvalue weighted by Gasteiger charge is 2.60. The highest BCUT2D eigenvalue weighted by Crippen LogP contribution is 2.41. The quantitative estimate of drug-likeness (QED) is 0.203. The summed E-state index contributed by atoms with van der Waals surface area (Å²) < 4.78 is 240. The van der Waals surface area contributed by atoms with E-state index in [1.54, 1.807) is 0 Å². The van der Waals surface area contributed by atoms with Gasteiger partial charge in [-0.1, -0.05) is 0 Å². The highest BCUT2D eigenvalue weighted by atomic mass is 28.6. The molecule has 0 bridgehead atoms. The molecule has 0 radical (unpaired) electrons. The summed E-state index contributed by atoms with van der Waals surface area (Å²) in [6.45, 7) is 140. The van der Waals surface area contributed by atoms with Gasteiger partial charge in [0.05, 0.1) is 0 Å². The fourth-order valence-electron chi connectivity index (χ4n) is 20.8. The molecular formula is C68H204O34Si34. The molecule has 1 aliphatic heterocycles. The standard InChI is InChI=1S/C68H204O34Si34/c1-103(2)69-104(3,4)71-106(7,8)73-108(11,12)75-110(15,16)77-112(19,20)79-114(23,24)81-116(27,28)83-118(31,32)85-120(35,36)87-122(39,40)89-124(43,44)91-126(47,48)93-128(51,52)95-130(55,56)97-132(59,60)99-134(63,64)101-136(67,68)102-135(65,66)100-133(61,62)98-131(57,58)96-129(53,54)94-127(49,50)92-125(45,46)90-123(41,42)88-121(37,38)86-119(33,34)84-117(29,30)82-115(25,26)80-113(21,22)78-111(17,18)76-109(13,14)74-107(9,10)72-105(5,6)70-103/h1-68H3. The van der Waals surface area contributed by atoms with Gasteiger partial charge in [-0.15, -0.1) is 0 Å². The van der Waals surface area contributed by atoms with E-state index in [2.05, 4.69) is 445 Å². The average Bonchev–Trinajstić information content (AvgIpc) is 0.797. The van der Waals surface area contributed by atoms with E-state index in [1.807, 2.05) is 0 Å². The van der Waals surface area contributed by atoms with Crippen LogP contribution in [0.3, 0.4) is 0 Å². The van der Waals surface area contributed by atoms with Gasteiger partial charge in [-0.05, 0) is 445 Å². The summed E-state index contributed by atoms with van der Waals surface area (Å²) in [7, 11) is -100. The molecular weight excluding hydrogens is 2320 g/mol. The molecule has 0 aromatic heterocycles. The van der Waals surface area contributed by atoms with Crippen LogP contribution in [-0.2, 0) is 140 Å². The van der Waals surface area contributed by atoms with Crippen molar-refractivity contribution in [3.8, 4) is 0 Å². The average molecular weight is 2520 g/mol. The van der Waals surface area contributed by atoms with Gasteiger partial charge >= 0.3 is 291 Å². The molecule has 1 saturated heterocycles. The molecule has 34 nitrogen and oxygen atoms in total. The Morgan fingerprint density at radius 3 is 0.0735 bits per heavy atom. The predicted molar refractivity (Wildman–Crippen MR) is 631 cm³/mol. The summed E-state index contributed by atoms with van der Waals surface area (Å²) in [4.78, 5) is 0. The van der Waals surface area contributed by atoms with Crippen molar-refractivity contribution in [1.82, 2.24) is 0 Å². The van der Waals surface area contributed by atoms with Crippen LogP contribution in [0.5, 0.6) is 0 Å². The fourth-order valence-corrected chi connectivity index (χ4v) is 200. The summed E-state index contributed by atoms with van der Waals surface area (Å²) in [5.74, 6) is 0. The van der Waals surface area contributed by atoms with E-state index >= 15 is 0 Å². The zero-order chi connectivity index (χ0) is 109. The van der Waals surface area contributed by atoms with Crippen LogP contribution < -0.4 is 0 Å². The number of rotatable bonds is 0. The molecule has 1 aliphatic rings. The molecule has 0 N–H and O–H groups in total. The summed E-state index contributed by atoms with van der Waals surface area (Å²) in [6, 6.07) is 0. The minimum absolute atomic E-state index is 2.05. The third-order valence-electron chi connectivity index (χ3n) is 16.7. The molecule has 68 heteroatoms. The van der Waals surface area contributed by atoms with Crippen molar-refractivity contribution < 1.29 is 140 Å². The van der Waals surface area contributed by atoms with Crippen molar-refractivity contribution in [3.05, 3.63) is 0 Å². The molecule has 0 spiro atoms. The summed E-state index contributed by atoms with van der Waals surface area (Å²) in [6.07, 6.45) is 0. The Morgan fingerprint density at radius 1 is 0.0441 bits per heavy atom.